The largest absolute Gasteiger partial charge is 0.321 e. The van der Waals surface area contributed by atoms with Crippen LogP contribution in [-0.2, 0) is 17.9 Å². The Balaban J connectivity index is 1.39. The normalized spacial score (nSPS) is 11.2. The van der Waals surface area contributed by atoms with Gasteiger partial charge in [0, 0.05) is 11.6 Å². The molecule has 0 aliphatic rings. The molecular formula is C28H27FN6O. The number of nitrogens with one attached hydrogen (secondary N) is 1. The molecule has 0 atom stereocenters. The van der Waals surface area contributed by atoms with Crippen LogP contribution in [0.25, 0.3) is 22.2 Å². The average Bonchev–Trinajstić information content (AvgIpc) is 3.31. The van der Waals surface area contributed by atoms with Gasteiger partial charge in [0.25, 0.3) is 0 Å². The summed E-state index contributed by atoms with van der Waals surface area (Å²) >= 11 is 0. The molecule has 7 nitrogen and oxygen atoms in total. The van der Waals surface area contributed by atoms with Crippen LogP contribution in [0.3, 0.4) is 0 Å². The third-order valence-corrected chi connectivity index (χ3v) is 6.32. The number of halogens is 1. The van der Waals surface area contributed by atoms with E-state index < -0.39 is 0 Å². The monoisotopic (exact) mass is 482 g/mol. The van der Waals surface area contributed by atoms with E-state index in [1.54, 1.807) is 27.7 Å². The maximum absolute atomic E-state index is 13.2. The van der Waals surface area contributed by atoms with Crippen LogP contribution in [0, 0.1) is 33.5 Å². The zero-order chi connectivity index (χ0) is 25.4. The number of hydrogen-bond donors (Lipinski definition) is 1. The molecule has 0 aliphatic carbocycles. The van der Waals surface area contributed by atoms with Gasteiger partial charge in [0.05, 0.1) is 29.3 Å². The number of aryl methyl sites for hydroxylation is 3. The molecule has 0 bridgehead atoms. The van der Waals surface area contributed by atoms with E-state index in [9.17, 15) is 9.18 Å². The minimum Gasteiger partial charge on any atom is -0.321 e. The van der Waals surface area contributed by atoms with E-state index in [0.717, 1.165) is 33.5 Å². The van der Waals surface area contributed by atoms with Gasteiger partial charge in [-0.25, -0.2) is 14.1 Å². The summed E-state index contributed by atoms with van der Waals surface area (Å²) in [5.74, 6) is -0.489. The van der Waals surface area contributed by atoms with Crippen molar-refractivity contribution in [2.75, 3.05) is 5.32 Å². The average molecular weight is 483 g/mol. The molecule has 5 rings (SSSR count). The molecule has 1 amide bonds. The van der Waals surface area contributed by atoms with Crippen LogP contribution in [0.4, 0.5) is 10.1 Å². The molecule has 2 aromatic carbocycles. The molecule has 36 heavy (non-hydrogen) atoms. The van der Waals surface area contributed by atoms with Gasteiger partial charge in [-0.2, -0.15) is 10.2 Å². The Bertz CT molecular complexity index is 1580. The van der Waals surface area contributed by atoms with Crippen molar-refractivity contribution in [3.8, 4) is 11.1 Å². The standard InChI is InChI=1S/C28H27FN6O/c1-17-6-5-7-22(14-17)24-12-13-30-28-26(24)18(2)32-35(28)16-25(36)31-27-19(3)33-34(20(27)4)15-21-8-10-23(29)11-9-21/h5-14H,15-16H2,1-4H3,(H,31,36). The minimum absolute atomic E-state index is 0.0244. The van der Waals surface area contributed by atoms with E-state index in [1.165, 1.54) is 17.7 Å². The number of anilines is 1. The first-order chi connectivity index (χ1) is 17.3. The second kappa shape index (κ2) is 9.37. The minimum atomic E-state index is -0.276. The Morgan fingerprint density at radius 2 is 1.69 bits per heavy atom. The number of rotatable bonds is 6. The highest BCUT2D eigenvalue weighted by atomic mass is 19.1. The third-order valence-electron chi connectivity index (χ3n) is 6.32. The molecule has 1 N–H and O–H groups in total. The fourth-order valence-corrected chi connectivity index (χ4v) is 4.55. The predicted octanol–water partition coefficient (Wildman–Crippen LogP) is 5.35. The van der Waals surface area contributed by atoms with Crippen molar-refractivity contribution in [1.29, 1.82) is 0 Å². The van der Waals surface area contributed by atoms with E-state index in [2.05, 4.69) is 45.6 Å². The quantitative estimate of drug-likeness (QED) is 0.354. The van der Waals surface area contributed by atoms with Gasteiger partial charge in [-0.05, 0) is 62.6 Å². The number of pyridine rings is 1. The van der Waals surface area contributed by atoms with Crippen molar-refractivity contribution >= 4 is 22.6 Å². The molecule has 0 saturated heterocycles. The van der Waals surface area contributed by atoms with E-state index in [0.29, 0.717) is 23.6 Å². The van der Waals surface area contributed by atoms with Gasteiger partial charge in [0.2, 0.25) is 5.91 Å². The van der Waals surface area contributed by atoms with Crippen molar-refractivity contribution in [2.45, 2.75) is 40.8 Å². The maximum atomic E-state index is 13.2. The van der Waals surface area contributed by atoms with Crippen LogP contribution < -0.4 is 5.32 Å². The molecule has 8 heteroatoms. The van der Waals surface area contributed by atoms with Crippen molar-refractivity contribution in [3.05, 3.63) is 94.8 Å². The summed E-state index contributed by atoms with van der Waals surface area (Å²) < 4.78 is 16.7. The van der Waals surface area contributed by atoms with Crippen molar-refractivity contribution < 1.29 is 9.18 Å². The number of carbonyl (C=O) groups excluding carboxylic acids is 1. The Morgan fingerprint density at radius 1 is 0.944 bits per heavy atom. The lowest BCUT2D eigenvalue weighted by Crippen LogP contribution is -2.20. The number of fused-ring (bicyclic) bond motifs is 1. The third kappa shape index (κ3) is 4.49. The summed E-state index contributed by atoms with van der Waals surface area (Å²) in [5, 5.41) is 13.1. The smallest absolute Gasteiger partial charge is 0.246 e. The fourth-order valence-electron chi connectivity index (χ4n) is 4.55. The van der Waals surface area contributed by atoms with Crippen LogP contribution in [0.2, 0.25) is 0 Å². The number of aromatic nitrogens is 5. The summed E-state index contributed by atoms with van der Waals surface area (Å²) in [5.41, 5.74) is 7.93. The van der Waals surface area contributed by atoms with Crippen LogP contribution >= 0.6 is 0 Å². The topological polar surface area (TPSA) is 77.6 Å². The Kier molecular flexibility index (Phi) is 6.10. The van der Waals surface area contributed by atoms with E-state index in [4.69, 9.17) is 0 Å². The summed E-state index contributed by atoms with van der Waals surface area (Å²) in [6.07, 6.45) is 1.75. The van der Waals surface area contributed by atoms with Gasteiger partial charge in [-0.1, -0.05) is 42.0 Å². The second-order valence-electron chi connectivity index (χ2n) is 9.05. The van der Waals surface area contributed by atoms with Crippen molar-refractivity contribution in [3.63, 3.8) is 0 Å². The van der Waals surface area contributed by atoms with E-state index in [1.807, 2.05) is 32.9 Å². The second-order valence-corrected chi connectivity index (χ2v) is 9.05. The highest BCUT2D eigenvalue weighted by Gasteiger charge is 2.18. The molecule has 5 aromatic rings. The molecular weight excluding hydrogens is 455 g/mol. The number of carbonyl (C=O) groups is 1. The number of benzene rings is 2. The number of amides is 1. The van der Waals surface area contributed by atoms with Gasteiger partial charge < -0.3 is 5.32 Å². The summed E-state index contributed by atoms with van der Waals surface area (Å²) in [6.45, 7) is 8.27. The molecule has 0 fully saturated rings. The Morgan fingerprint density at radius 3 is 2.44 bits per heavy atom. The zero-order valence-electron chi connectivity index (χ0n) is 20.7. The highest BCUT2D eigenvalue weighted by molar-refractivity contribution is 5.96. The van der Waals surface area contributed by atoms with Gasteiger partial charge >= 0.3 is 0 Å². The molecule has 3 heterocycles. The first kappa shape index (κ1) is 23.4. The molecule has 0 aliphatic heterocycles. The predicted molar refractivity (Wildman–Crippen MR) is 138 cm³/mol. The van der Waals surface area contributed by atoms with Gasteiger partial charge in [0.15, 0.2) is 5.65 Å². The zero-order valence-corrected chi connectivity index (χ0v) is 20.7. The molecule has 0 saturated carbocycles. The molecule has 0 spiro atoms. The molecule has 0 radical (unpaired) electrons. The highest BCUT2D eigenvalue weighted by Crippen LogP contribution is 2.30. The van der Waals surface area contributed by atoms with Gasteiger partial charge in [-0.15, -0.1) is 0 Å². The number of nitrogens with zero attached hydrogens (tertiary/aromatic N) is 5. The van der Waals surface area contributed by atoms with Gasteiger partial charge in [0.1, 0.15) is 12.4 Å². The first-order valence-corrected chi connectivity index (χ1v) is 11.8. The molecule has 0 unspecified atom stereocenters. The summed E-state index contributed by atoms with van der Waals surface area (Å²) in [4.78, 5) is 17.6. The first-order valence-electron chi connectivity index (χ1n) is 11.8. The summed E-state index contributed by atoms with van der Waals surface area (Å²) in [7, 11) is 0. The lowest BCUT2D eigenvalue weighted by Gasteiger charge is -2.08. The summed E-state index contributed by atoms with van der Waals surface area (Å²) in [6, 6.07) is 16.6. The maximum Gasteiger partial charge on any atom is 0.246 e. The van der Waals surface area contributed by atoms with Crippen LogP contribution in [0.15, 0.2) is 60.8 Å². The number of hydrogen-bond acceptors (Lipinski definition) is 4. The lowest BCUT2D eigenvalue weighted by atomic mass is 10.0. The van der Waals surface area contributed by atoms with Gasteiger partial charge in [-0.3, -0.25) is 9.48 Å². The van der Waals surface area contributed by atoms with Crippen molar-refractivity contribution in [1.82, 2.24) is 24.5 Å². The molecule has 3 aromatic heterocycles. The van der Waals surface area contributed by atoms with Crippen LogP contribution in [-0.4, -0.2) is 30.5 Å². The van der Waals surface area contributed by atoms with E-state index in [-0.39, 0.29) is 18.3 Å². The van der Waals surface area contributed by atoms with Crippen LogP contribution in [0.5, 0.6) is 0 Å². The van der Waals surface area contributed by atoms with E-state index >= 15 is 0 Å². The Hall–Kier alpha value is -4.33. The molecule has 182 valence electrons. The lowest BCUT2D eigenvalue weighted by molar-refractivity contribution is -0.116. The van der Waals surface area contributed by atoms with Crippen LogP contribution in [0.1, 0.15) is 28.2 Å². The Labute approximate surface area is 208 Å². The SMILES string of the molecule is Cc1cccc(-c2ccnc3c2c(C)nn3CC(=O)Nc2c(C)nn(Cc3ccc(F)cc3)c2C)c1. The van der Waals surface area contributed by atoms with Crippen molar-refractivity contribution in [2.24, 2.45) is 0 Å². The fraction of sp³-hybridized carbons (Fsp3) is 0.214.